The highest BCUT2D eigenvalue weighted by molar-refractivity contribution is 5.86. The summed E-state index contributed by atoms with van der Waals surface area (Å²) in [7, 11) is 1.18. The number of ether oxygens (including phenoxy) is 1. The van der Waals surface area contributed by atoms with Crippen LogP contribution in [-0.2, 0) is 19.2 Å². The molecule has 8 heteroatoms. The van der Waals surface area contributed by atoms with Crippen LogP contribution in [0, 0.1) is 0 Å². The summed E-state index contributed by atoms with van der Waals surface area (Å²) in [5, 5.41) is 5.09. The minimum atomic E-state index is -0.869. The minimum absolute atomic E-state index is 0.188. The molecule has 19 heavy (non-hydrogen) atoms. The van der Waals surface area contributed by atoms with Crippen LogP contribution in [0.1, 0.15) is 26.7 Å². The smallest absolute Gasteiger partial charge is 0.431 e. The van der Waals surface area contributed by atoms with Crippen LogP contribution in [0.2, 0.25) is 0 Å². The van der Waals surface area contributed by atoms with E-state index in [9.17, 15) is 14.4 Å². The van der Waals surface area contributed by atoms with Gasteiger partial charge in [0, 0.05) is 13.5 Å². The van der Waals surface area contributed by atoms with E-state index in [2.05, 4.69) is 15.4 Å². The van der Waals surface area contributed by atoms with Gasteiger partial charge in [0.05, 0.1) is 7.11 Å². The molecule has 0 fully saturated rings. The molecule has 0 aliphatic rings. The van der Waals surface area contributed by atoms with Crippen molar-refractivity contribution in [1.82, 2.24) is 16.1 Å². The van der Waals surface area contributed by atoms with E-state index in [0.717, 1.165) is 12.8 Å². The number of amides is 3. The predicted octanol–water partition coefficient (Wildman–Crippen LogP) is -0.305. The number of unbranched alkanes of at least 4 members (excludes halogenated alkanes) is 1. The Morgan fingerprint density at radius 3 is 2.47 bits per heavy atom. The van der Waals surface area contributed by atoms with Gasteiger partial charge in [0.2, 0.25) is 11.8 Å². The van der Waals surface area contributed by atoms with Crippen molar-refractivity contribution in [2.24, 2.45) is 0 Å². The van der Waals surface area contributed by atoms with E-state index in [1.54, 1.807) is 0 Å². The normalized spacial score (nSPS) is 11.3. The average Bonchev–Trinajstić information content (AvgIpc) is 2.37. The topological polar surface area (TPSA) is 106 Å². The van der Waals surface area contributed by atoms with Crippen molar-refractivity contribution < 1.29 is 24.0 Å². The van der Waals surface area contributed by atoms with Crippen LogP contribution < -0.4 is 16.1 Å². The Kier molecular flexibility index (Phi) is 9.15. The second-order valence-corrected chi connectivity index (χ2v) is 3.80. The summed E-state index contributed by atoms with van der Waals surface area (Å²) in [6.45, 7) is 3.63. The van der Waals surface area contributed by atoms with Crippen LogP contribution in [0.15, 0.2) is 0 Å². The molecule has 0 aromatic carbocycles. The van der Waals surface area contributed by atoms with E-state index in [0.29, 0.717) is 6.54 Å². The second kappa shape index (κ2) is 10.1. The van der Waals surface area contributed by atoms with Gasteiger partial charge in [-0.3, -0.25) is 14.4 Å². The van der Waals surface area contributed by atoms with Gasteiger partial charge in [0.1, 0.15) is 12.6 Å². The fourth-order valence-corrected chi connectivity index (χ4v) is 1.17. The molecule has 0 spiro atoms. The summed E-state index contributed by atoms with van der Waals surface area (Å²) in [6.07, 6.45) is 1.01. The maximum atomic E-state index is 11.7. The van der Waals surface area contributed by atoms with Gasteiger partial charge in [-0.15, -0.1) is 0 Å². The molecule has 1 atom stereocenters. The molecular weight excluding hydrogens is 254 g/mol. The van der Waals surface area contributed by atoms with Crippen LogP contribution in [0.3, 0.4) is 0 Å². The zero-order valence-corrected chi connectivity index (χ0v) is 11.4. The van der Waals surface area contributed by atoms with Gasteiger partial charge in [-0.05, 0) is 6.42 Å². The second-order valence-electron chi connectivity index (χ2n) is 3.80. The van der Waals surface area contributed by atoms with Gasteiger partial charge in [-0.1, -0.05) is 13.3 Å². The average molecular weight is 275 g/mol. The van der Waals surface area contributed by atoms with Crippen molar-refractivity contribution in [3.05, 3.63) is 0 Å². The third kappa shape index (κ3) is 8.83. The van der Waals surface area contributed by atoms with Crippen molar-refractivity contribution >= 4 is 17.9 Å². The molecule has 0 saturated carbocycles. The lowest BCUT2D eigenvalue weighted by atomic mass is 10.2. The van der Waals surface area contributed by atoms with E-state index < -0.39 is 12.1 Å². The molecule has 0 aromatic rings. The maximum Gasteiger partial charge on any atom is 0.431 e. The number of methoxy groups -OCH3 is 1. The summed E-state index contributed by atoms with van der Waals surface area (Å²) in [5.41, 5.74) is 1.97. The van der Waals surface area contributed by atoms with Gasteiger partial charge in [-0.2, -0.15) is 5.48 Å². The van der Waals surface area contributed by atoms with Crippen molar-refractivity contribution in [2.45, 2.75) is 32.7 Å². The molecule has 8 nitrogen and oxygen atoms in total. The van der Waals surface area contributed by atoms with Gasteiger partial charge in [-0.25, -0.2) is 4.79 Å². The lowest BCUT2D eigenvalue weighted by Gasteiger charge is -2.17. The highest BCUT2D eigenvalue weighted by Crippen LogP contribution is 1.89. The molecule has 0 unspecified atom stereocenters. The Hall–Kier alpha value is -1.83. The number of carbonyl (C=O) groups is 3. The summed E-state index contributed by atoms with van der Waals surface area (Å²) in [6, 6.07) is -0.869. The Bertz CT molecular complexity index is 309. The molecular formula is C11H21N3O5. The molecule has 0 heterocycles. The summed E-state index contributed by atoms with van der Waals surface area (Å²) < 4.78 is 4.29. The Morgan fingerprint density at radius 1 is 1.26 bits per heavy atom. The summed E-state index contributed by atoms with van der Waals surface area (Å²) in [4.78, 5) is 38.3. The Morgan fingerprint density at radius 2 is 1.95 bits per heavy atom. The SMILES string of the molecule is CCCCNC(=O)[C@@H](CONC(=O)OC)NC(C)=O. The molecule has 0 aromatic heterocycles. The first-order valence-corrected chi connectivity index (χ1v) is 6.01. The molecule has 0 bridgehead atoms. The molecule has 3 N–H and O–H groups in total. The number of carbonyl (C=O) groups excluding carboxylic acids is 3. The maximum absolute atomic E-state index is 11.7. The number of hydroxylamine groups is 1. The van der Waals surface area contributed by atoms with Crippen molar-refractivity contribution in [3.8, 4) is 0 Å². The van der Waals surface area contributed by atoms with Crippen LogP contribution in [0.4, 0.5) is 4.79 Å². The summed E-state index contributed by atoms with van der Waals surface area (Å²) in [5.74, 6) is -0.729. The number of hydrogen-bond acceptors (Lipinski definition) is 5. The van der Waals surface area contributed by atoms with Crippen molar-refractivity contribution in [2.75, 3.05) is 20.3 Å². The van der Waals surface area contributed by atoms with E-state index >= 15 is 0 Å². The van der Waals surface area contributed by atoms with Crippen LogP contribution in [-0.4, -0.2) is 44.2 Å². The molecule has 0 saturated heterocycles. The number of rotatable bonds is 8. The van der Waals surface area contributed by atoms with Crippen molar-refractivity contribution in [1.29, 1.82) is 0 Å². The monoisotopic (exact) mass is 275 g/mol. The first-order chi connectivity index (χ1) is 9.01. The minimum Gasteiger partial charge on any atom is -0.451 e. The van der Waals surface area contributed by atoms with Gasteiger partial charge in [0.25, 0.3) is 0 Å². The molecule has 3 amide bonds. The fraction of sp³-hybridized carbons (Fsp3) is 0.727. The van der Waals surface area contributed by atoms with Crippen molar-refractivity contribution in [3.63, 3.8) is 0 Å². The molecule has 0 aliphatic heterocycles. The first kappa shape index (κ1) is 17.2. The third-order valence-electron chi connectivity index (χ3n) is 2.11. The number of nitrogens with one attached hydrogen (secondary N) is 3. The molecule has 0 rings (SSSR count). The highest BCUT2D eigenvalue weighted by atomic mass is 16.7. The van der Waals surface area contributed by atoms with E-state index in [1.165, 1.54) is 14.0 Å². The van der Waals surface area contributed by atoms with Gasteiger partial charge >= 0.3 is 6.09 Å². The highest BCUT2D eigenvalue weighted by Gasteiger charge is 2.19. The zero-order chi connectivity index (χ0) is 14.7. The third-order valence-corrected chi connectivity index (χ3v) is 2.11. The first-order valence-electron chi connectivity index (χ1n) is 6.01. The molecule has 110 valence electrons. The Balaban J connectivity index is 4.17. The molecule has 0 aliphatic carbocycles. The molecule has 0 radical (unpaired) electrons. The van der Waals surface area contributed by atoms with Gasteiger partial charge in [0.15, 0.2) is 0 Å². The van der Waals surface area contributed by atoms with E-state index in [-0.39, 0.29) is 18.4 Å². The fourth-order valence-electron chi connectivity index (χ4n) is 1.17. The summed E-state index contributed by atoms with van der Waals surface area (Å²) >= 11 is 0. The van der Waals surface area contributed by atoms with E-state index in [4.69, 9.17) is 4.84 Å². The van der Waals surface area contributed by atoms with Crippen LogP contribution in [0.25, 0.3) is 0 Å². The quantitative estimate of drug-likeness (QED) is 0.416. The number of hydrogen-bond donors (Lipinski definition) is 3. The zero-order valence-electron chi connectivity index (χ0n) is 11.4. The standard InChI is InChI=1S/C11H21N3O5/c1-4-5-6-12-10(16)9(13-8(2)15)7-19-14-11(17)18-3/h9H,4-7H2,1-3H3,(H,12,16)(H,13,15)(H,14,17)/t9-/m1/s1. The van der Waals surface area contributed by atoms with Crippen LogP contribution >= 0.6 is 0 Å². The lowest BCUT2D eigenvalue weighted by molar-refractivity contribution is -0.130. The predicted molar refractivity (Wildman–Crippen MR) is 67.0 cm³/mol. The van der Waals surface area contributed by atoms with Crippen LogP contribution in [0.5, 0.6) is 0 Å². The lowest BCUT2D eigenvalue weighted by Crippen LogP contribution is -2.50. The van der Waals surface area contributed by atoms with Gasteiger partial charge < -0.3 is 15.4 Å². The largest absolute Gasteiger partial charge is 0.451 e. The van der Waals surface area contributed by atoms with E-state index in [1.807, 2.05) is 12.4 Å². The Labute approximate surface area is 112 Å².